The van der Waals surface area contributed by atoms with Crippen LogP contribution in [0.25, 0.3) is 0 Å². The van der Waals surface area contributed by atoms with E-state index < -0.39 is 49.3 Å². The van der Waals surface area contributed by atoms with Gasteiger partial charge in [-0.25, -0.2) is 0 Å². The maximum Gasteiger partial charge on any atom is 0.296 e. The molecule has 14 nitrogen and oxygen atoms in total. The van der Waals surface area contributed by atoms with Gasteiger partial charge in [0.1, 0.15) is 0 Å². The first kappa shape index (κ1) is 24.2. The van der Waals surface area contributed by atoms with Gasteiger partial charge in [0.15, 0.2) is 17.1 Å². The Morgan fingerprint density at radius 3 is 1.91 bits per heavy atom. The molecule has 1 aliphatic heterocycles. The van der Waals surface area contributed by atoms with Crippen LogP contribution in [0.2, 0.25) is 0 Å². The van der Waals surface area contributed by atoms with Crippen LogP contribution in [0.4, 0.5) is 17.1 Å². The summed E-state index contributed by atoms with van der Waals surface area (Å²) < 4.78 is 16.3. The molecule has 0 fully saturated rings. The highest BCUT2D eigenvalue weighted by atomic mass is 16.6. The molecule has 2 aromatic rings. The van der Waals surface area contributed by atoms with Gasteiger partial charge in [0.2, 0.25) is 5.75 Å². The zero-order chi connectivity index (χ0) is 25.3. The number of carbonyl (C=O) groups excluding carboxylic acids is 1. The second kappa shape index (κ2) is 9.17. The standard InChI is InChI=1S/C20H20N4O10/c1-10-16-11(7-15(32-2)18(33-3)19(16)34-4)5-6-21(10)20(25)17-13(23(28)29)8-12(22(26)27)9-14(17)24(30)31/h7-10H,5-6H2,1-4H3/t10-/m0/s1. The van der Waals surface area contributed by atoms with Crippen molar-refractivity contribution in [2.75, 3.05) is 27.9 Å². The molecule has 0 aliphatic carbocycles. The van der Waals surface area contributed by atoms with Crippen LogP contribution in [0.1, 0.15) is 34.5 Å². The average molecular weight is 476 g/mol. The molecule has 1 heterocycles. The van der Waals surface area contributed by atoms with Gasteiger partial charge in [-0.05, 0) is 25.0 Å². The van der Waals surface area contributed by atoms with E-state index in [0.717, 1.165) is 5.56 Å². The van der Waals surface area contributed by atoms with Crippen molar-refractivity contribution in [3.63, 3.8) is 0 Å². The molecule has 0 saturated heterocycles. The lowest BCUT2D eigenvalue weighted by molar-refractivity contribution is -0.403. The van der Waals surface area contributed by atoms with Crippen LogP contribution < -0.4 is 14.2 Å². The zero-order valence-corrected chi connectivity index (χ0v) is 18.6. The highest BCUT2D eigenvalue weighted by molar-refractivity contribution is 6.03. The van der Waals surface area contributed by atoms with Crippen molar-refractivity contribution in [1.29, 1.82) is 0 Å². The number of ether oxygens (including phenoxy) is 3. The van der Waals surface area contributed by atoms with Gasteiger partial charge in [-0.1, -0.05) is 0 Å². The Labute approximate surface area is 192 Å². The summed E-state index contributed by atoms with van der Waals surface area (Å²) >= 11 is 0. The maximum atomic E-state index is 13.5. The van der Waals surface area contributed by atoms with Crippen molar-refractivity contribution in [2.45, 2.75) is 19.4 Å². The van der Waals surface area contributed by atoms with E-state index in [2.05, 4.69) is 0 Å². The van der Waals surface area contributed by atoms with E-state index in [0.29, 0.717) is 23.4 Å². The van der Waals surface area contributed by atoms with Crippen LogP contribution in [0.5, 0.6) is 17.2 Å². The van der Waals surface area contributed by atoms with Gasteiger partial charge in [0, 0.05) is 12.1 Å². The minimum absolute atomic E-state index is 0.0664. The summed E-state index contributed by atoms with van der Waals surface area (Å²) in [5.41, 5.74) is -2.43. The number of non-ortho nitro benzene ring substituents is 1. The van der Waals surface area contributed by atoms with E-state index in [4.69, 9.17) is 14.2 Å². The Kier molecular flexibility index (Phi) is 6.51. The number of benzene rings is 2. The Morgan fingerprint density at radius 2 is 1.47 bits per heavy atom. The van der Waals surface area contributed by atoms with Gasteiger partial charge < -0.3 is 19.1 Å². The van der Waals surface area contributed by atoms with E-state index >= 15 is 0 Å². The van der Waals surface area contributed by atoms with E-state index in [1.807, 2.05) is 0 Å². The summed E-state index contributed by atoms with van der Waals surface area (Å²) in [6.07, 6.45) is 0.288. The topological polar surface area (TPSA) is 177 Å². The lowest BCUT2D eigenvalue weighted by Gasteiger charge is -2.36. The van der Waals surface area contributed by atoms with Gasteiger partial charge in [0.25, 0.3) is 23.0 Å². The molecule has 0 unspecified atom stereocenters. The predicted octanol–water partition coefficient (Wildman–Crippen LogP) is 3.20. The SMILES string of the molecule is COc1cc2c(c(OC)c1OC)[C@H](C)N(C(=O)c1c([N+](=O)[O-])cc([N+](=O)[O-])cc1[N+](=O)[O-])CC2. The molecule has 1 amide bonds. The summed E-state index contributed by atoms with van der Waals surface area (Å²) in [5.74, 6) is -0.0400. The number of rotatable bonds is 7. The zero-order valence-electron chi connectivity index (χ0n) is 18.6. The largest absolute Gasteiger partial charge is 0.493 e. The van der Waals surface area contributed by atoms with Crippen LogP contribution in [0.15, 0.2) is 18.2 Å². The molecule has 2 aromatic carbocycles. The first-order valence-corrected chi connectivity index (χ1v) is 9.81. The summed E-state index contributed by atoms with van der Waals surface area (Å²) in [7, 11) is 4.27. The Balaban J connectivity index is 2.20. The maximum absolute atomic E-state index is 13.5. The minimum Gasteiger partial charge on any atom is -0.493 e. The van der Waals surface area contributed by atoms with Crippen LogP contribution in [0.3, 0.4) is 0 Å². The quantitative estimate of drug-likeness (QED) is 0.425. The van der Waals surface area contributed by atoms with Crippen molar-refractivity contribution in [3.8, 4) is 17.2 Å². The van der Waals surface area contributed by atoms with Crippen molar-refractivity contribution in [3.05, 3.63) is 65.2 Å². The average Bonchev–Trinajstić information content (AvgIpc) is 2.81. The first-order chi connectivity index (χ1) is 16.1. The fourth-order valence-corrected chi connectivity index (χ4v) is 4.12. The van der Waals surface area contributed by atoms with Crippen LogP contribution in [-0.2, 0) is 6.42 Å². The van der Waals surface area contributed by atoms with Crippen LogP contribution >= 0.6 is 0 Å². The summed E-state index contributed by atoms with van der Waals surface area (Å²) in [4.78, 5) is 46.0. The number of carbonyl (C=O) groups is 1. The van der Waals surface area contributed by atoms with E-state index in [-0.39, 0.29) is 24.5 Å². The molecule has 0 spiro atoms. The highest BCUT2D eigenvalue weighted by Gasteiger charge is 2.41. The van der Waals surface area contributed by atoms with Gasteiger partial charge in [-0.3, -0.25) is 35.1 Å². The Morgan fingerprint density at radius 1 is 0.912 bits per heavy atom. The van der Waals surface area contributed by atoms with Crippen LogP contribution in [-0.4, -0.2) is 53.5 Å². The van der Waals surface area contributed by atoms with Gasteiger partial charge in [-0.15, -0.1) is 0 Å². The van der Waals surface area contributed by atoms with Gasteiger partial charge in [0.05, 0.1) is 54.3 Å². The molecule has 14 heteroatoms. The number of nitro groups is 3. The third-order valence-electron chi connectivity index (χ3n) is 5.62. The summed E-state index contributed by atoms with van der Waals surface area (Å²) in [5, 5.41) is 34.4. The number of hydrogen-bond acceptors (Lipinski definition) is 10. The fourth-order valence-electron chi connectivity index (χ4n) is 4.12. The minimum atomic E-state index is -1.05. The molecule has 1 atom stereocenters. The number of fused-ring (bicyclic) bond motifs is 1. The molecular formula is C20H20N4O10. The van der Waals surface area contributed by atoms with E-state index in [9.17, 15) is 35.1 Å². The molecule has 180 valence electrons. The predicted molar refractivity (Wildman–Crippen MR) is 116 cm³/mol. The monoisotopic (exact) mass is 476 g/mol. The first-order valence-electron chi connectivity index (χ1n) is 9.81. The molecular weight excluding hydrogens is 456 g/mol. The lowest BCUT2D eigenvalue weighted by atomic mass is 9.90. The molecule has 34 heavy (non-hydrogen) atoms. The lowest BCUT2D eigenvalue weighted by Crippen LogP contribution is -2.39. The normalized spacial score (nSPS) is 14.7. The molecule has 0 bridgehead atoms. The van der Waals surface area contributed by atoms with Gasteiger partial charge in [-0.2, -0.15) is 0 Å². The Hall–Kier alpha value is -4.49. The molecule has 0 N–H and O–H groups in total. The summed E-state index contributed by atoms with van der Waals surface area (Å²) in [6.45, 7) is 1.70. The number of methoxy groups -OCH3 is 3. The molecule has 0 radical (unpaired) electrons. The third-order valence-corrected chi connectivity index (χ3v) is 5.62. The second-order valence-electron chi connectivity index (χ2n) is 7.27. The highest BCUT2D eigenvalue weighted by Crippen LogP contribution is 2.48. The smallest absolute Gasteiger partial charge is 0.296 e. The molecule has 0 aromatic heterocycles. The van der Waals surface area contributed by atoms with E-state index in [1.54, 1.807) is 13.0 Å². The van der Waals surface area contributed by atoms with E-state index in [1.165, 1.54) is 26.2 Å². The number of amides is 1. The van der Waals surface area contributed by atoms with Gasteiger partial charge >= 0.3 is 0 Å². The third kappa shape index (κ3) is 3.89. The number of nitro benzene ring substituents is 3. The summed E-state index contributed by atoms with van der Waals surface area (Å²) in [6, 6.07) is 2.07. The van der Waals surface area contributed by atoms with Crippen molar-refractivity contribution in [1.82, 2.24) is 4.90 Å². The number of nitrogens with zero attached hydrogens (tertiary/aromatic N) is 4. The Bertz CT molecular complexity index is 1180. The van der Waals surface area contributed by atoms with Crippen molar-refractivity contribution < 1.29 is 33.8 Å². The fraction of sp³-hybridized carbons (Fsp3) is 0.350. The van der Waals surface area contributed by atoms with Crippen LogP contribution in [0, 0.1) is 30.3 Å². The number of hydrogen-bond donors (Lipinski definition) is 0. The molecule has 3 rings (SSSR count). The second-order valence-corrected chi connectivity index (χ2v) is 7.27. The molecule has 1 aliphatic rings. The van der Waals surface area contributed by atoms with Crippen molar-refractivity contribution >= 4 is 23.0 Å². The molecule has 0 saturated carbocycles. The van der Waals surface area contributed by atoms with Crippen molar-refractivity contribution in [2.24, 2.45) is 0 Å².